The minimum atomic E-state index is -1.19. The van der Waals surface area contributed by atoms with Crippen LogP contribution in [0.25, 0.3) is 21.5 Å². The van der Waals surface area contributed by atoms with E-state index in [1.54, 1.807) is 0 Å². The summed E-state index contributed by atoms with van der Waals surface area (Å²) in [5.41, 5.74) is 5.58. The molecule has 222 valence electrons. The smallest absolute Gasteiger partial charge is 0.378 e. The number of nitrogens with zero attached hydrogens (tertiary/aromatic N) is 1. The van der Waals surface area contributed by atoms with Gasteiger partial charge in [0.05, 0.1) is 11.4 Å². The standard InChI is InChI=1S/C29H21NO.2C7H7.Ti/c31-29(19-20-9-2-1-3-10-20)25-17-7-14-22-13-6-16-24(27(22)25)28(29)30-26-18-8-12-21-11-4-5-15-23(21)26;2*1-7-5-3-2-4-6-7;/h1-18,31H,19H2;2*2-6H,1H2;/q;2*-1;+2. The van der Waals surface area contributed by atoms with Crippen molar-refractivity contribution in [2.24, 2.45) is 4.99 Å². The third-order valence-electron chi connectivity index (χ3n) is 7.98. The van der Waals surface area contributed by atoms with E-state index >= 15 is 0 Å². The molecule has 1 N–H and O–H groups in total. The molecule has 0 fully saturated rings. The van der Waals surface area contributed by atoms with E-state index in [-0.39, 0.29) is 21.7 Å². The van der Waals surface area contributed by atoms with Gasteiger partial charge in [0.25, 0.3) is 0 Å². The van der Waals surface area contributed by atoms with Crippen LogP contribution >= 0.6 is 0 Å². The molecule has 0 bridgehead atoms. The summed E-state index contributed by atoms with van der Waals surface area (Å²) in [6.45, 7) is 7.44. The van der Waals surface area contributed by atoms with Gasteiger partial charge in [-0.25, -0.2) is 4.99 Å². The van der Waals surface area contributed by atoms with Gasteiger partial charge in [-0.15, -0.1) is 24.3 Å². The molecule has 0 amide bonds. The van der Waals surface area contributed by atoms with Crippen molar-refractivity contribution in [1.82, 2.24) is 0 Å². The second kappa shape index (κ2) is 15.0. The first-order valence-corrected chi connectivity index (χ1v) is 15.1. The summed E-state index contributed by atoms with van der Waals surface area (Å²) >= 11 is 0. The molecule has 8 rings (SSSR count). The Kier molecular flexibility index (Phi) is 10.6. The Bertz CT molecular complexity index is 2010. The average molecular weight is 630 g/mol. The van der Waals surface area contributed by atoms with E-state index in [9.17, 15) is 5.11 Å². The minimum absolute atomic E-state index is 0. The van der Waals surface area contributed by atoms with Gasteiger partial charge >= 0.3 is 21.7 Å². The number of hydrogen-bond acceptors (Lipinski definition) is 2. The summed E-state index contributed by atoms with van der Waals surface area (Å²) in [6.07, 6.45) is 0.477. The molecule has 0 spiro atoms. The molecule has 0 aromatic heterocycles. The molecule has 1 aliphatic carbocycles. The van der Waals surface area contributed by atoms with Crippen LogP contribution in [0.3, 0.4) is 0 Å². The van der Waals surface area contributed by atoms with Crippen LogP contribution < -0.4 is 0 Å². The topological polar surface area (TPSA) is 32.6 Å². The van der Waals surface area contributed by atoms with Crippen molar-refractivity contribution in [3.05, 3.63) is 212 Å². The number of aliphatic hydroxyl groups is 1. The number of aliphatic imine (C=N–C) groups is 1. The fourth-order valence-corrected chi connectivity index (χ4v) is 5.84. The summed E-state index contributed by atoms with van der Waals surface area (Å²) in [5, 5.41) is 16.7. The van der Waals surface area contributed by atoms with Crippen LogP contribution in [0.15, 0.2) is 175 Å². The first-order chi connectivity index (χ1) is 22.0. The summed E-state index contributed by atoms with van der Waals surface area (Å²) in [6, 6.07) is 56.7. The second-order valence-electron chi connectivity index (χ2n) is 11.2. The van der Waals surface area contributed by atoms with Gasteiger partial charge in [0, 0.05) is 17.4 Å². The Balaban J connectivity index is 0.000000230. The van der Waals surface area contributed by atoms with Gasteiger partial charge in [-0.3, -0.25) is 0 Å². The van der Waals surface area contributed by atoms with Crippen LogP contribution in [-0.4, -0.2) is 10.8 Å². The normalized spacial score (nSPS) is 15.3. The molecule has 0 saturated heterocycles. The van der Waals surface area contributed by atoms with E-state index in [4.69, 9.17) is 4.99 Å². The molecule has 46 heavy (non-hydrogen) atoms. The van der Waals surface area contributed by atoms with E-state index in [1.807, 2.05) is 121 Å². The first kappa shape index (κ1) is 32.5. The van der Waals surface area contributed by atoms with Crippen LogP contribution in [0.2, 0.25) is 0 Å². The van der Waals surface area contributed by atoms with E-state index in [2.05, 4.69) is 62.4 Å². The summed E-state index contributed by atoms with van der Waals surface area (Å²) < 4.78 is 0. The second-order valence-corrected chi connectivity index (χ2v) is 11.2. The third kappa shape index (κ3) is 7.17. The van der Waals surface area contributed by atoms with Crippen LogP contribution in [0, 0.1) is 13.8 Å². The maximum atomic E-state index is 12.2. The molecule has 7 aromatic rings. The summed E-state index contributed by atoms with van der Waals surface area (Å²) in [7, 11) is 0. The molecule has 0 saturated carbocycles. The molecule has 0 heterocycles. The Labute approximate surface area is 287 Å². The predicted octanol–water partition coefficient (Wildman–Crippen LogP) is 10.3. The maximum Gasteiger partial charge on any atom is 2.00 e. The molecule has 7 aromatic carbocycles. The Hall–Kier alpha value is -4.86. The van der Waals surface area contributed by atoms with E-state index in [1.165, 1.54) is 0 Å². The molecule has 1 atom stereocenters. The Morgan fingerprint density at radius 2 is 1.02 bits per heavy atom. The van der Waals surface area contributed by atoms with Gasteiger partial charge < -0.3 is 5.11 Å². The quantitative estimate of drug-likeness (QED) is 0.153. The molecule has 0 aliphatic heterocycles. The van der Waals surface area contributed by atoms with Gasteiger partial charge in [-0.1, -0.05) is 115 Å². The summed E-state index contributed by atoms with van der Waals surface area (Å²) in [4.78, 5) is 5.14. The van der Waals surface area contributed by atoms with Crippen molar-refractivity contribution in [2.75, 3.05) is 0 Å². The van der Waals surface area contributed by atoms with Crippen LogP contribution in [-0.2, 0) is 33.7 Å². The predicted molar refractivity (Wildman–Crippen MR) is 190 cm³/mol. The zero-order chi connectivity index (χ0) is 31.1. The van der Waals surface area contributed by atoms with Crippen molar-refractivity contribution in [3.63, 3.8) is 0 Å². The fourth-order valence-electron chi connectivity index (χ4n) is 5.84. The van der Waals surface area contributed by atoms with Crippen molar-refractivity contribution < 1.29 is 26.8 Å². The number of benzene rings is 7. The molecular formula is C43H35NOTi. The van der Waals surface area contributed by atoms with Crippen LogP contribution in [0.5, 0.6) is 0 Å². The molecule has 1 unspecified atom stereocenters. The number of hydrogen-bond donors (Lipinski definition) is 1. The maximum absolute atomic E-state index is 12.2. The van der Waals surface area contributed by atoms with Crippen molar-refractivity contribution in [3.8, 4) is 0 Å². The Morgan fingerprint density at radius 1 is 0.522 bits per heavy atom. The summed E-state index contributed by atoms with van der Waals surface area (Å²) in [5.74, 6) is 0. The molecule has 0 radical (unpaired) electrons. The average Bonchev–Trinajstić information content (AvgIpc) is 3.31. The van der Waals surface area contributed by atoms with Gasteiger partial charge in [0.15, 0.2) is 0 Å². The van der Waals surface area contributed by atoms with Gasteiger partial charge in [0.1, 0.15) is 5.60 Å². The fraction of sp³-hybridized carbons (Fsp3) is 0.0465. The van der Waals surface area contributed by atoms with Gasteiger partial charge in [0.2, 0.25) is 0 Å². The number of fused-ring (bicyclic) bond motifs is 1. The van der Waals surface area contributed by atoms with Crippen molar-refractivity contribution >= 4 is 32.9 Å². The zero-order valence-corrected chi connectivity index (χ0v) is 27.2. The minimum Gasteiger partial charge on any atom is -0.378 e. The van der Waals surface area contributed by atoms with E-state index < -0.39 is 5.60 Å². The molecule has 2 nitrogen and oxygen atoms in total. The van der Waals surface area contributed by atoms with Crippen LogP contribution in [0.4, 0.5) is 5.69 Å². The van der Waals surface area contributed by atoms with E-state index in [0.29, 0.717) is 6.42 Å². The third-order valence-corrected chi connectivity index (χ3v) is 7.98. The van der Waals surface area contributed by atoms with Gasteiger partial charge in [-0.2, -0.15) is 49.2 Å². The van der Waals surface area contributed by atoms with Crippen molar-refractivity contribution in [1.29, 1.82) is 0 Å². The molecule has 1 aliphatic rings. The van der Waals surface area contributed by atoms with Crippen molar-refractivity contribution in [2.45, 2.75) is 12.0 Å². The number of rotatable bonds is 3. The van der Waals surface area contributed by atoms with Crippen LogP contribution in [0.1, 0.15) is 27.8 Å². The SMILES string of the molecule is OC1(Cc2ccccc2)C(=Nc2cccc3ccccc23)c2cccc3cccc1c23.[CH2-]c1ccccc1.[CH2-]c1ccccc1.[Ti+2]. The van der Waals surface area contributed by atoms with E-state index in [0.717, 1.165) is 60.8 Å². The largest absolute Gasteiger partial charge is 2.00 e. The zero-order valence-electron chi connectivity index (χ0n) is 25.7. The first-order valence-electron chi connectivity index (χ1n) is 15.1. The molecule has 3 heteroatoms. The van der Waals surface area contributed by atoms with Gasteiger partial charge in [-0.05, 0) is 33.4 Å². The molecular weight excluding hydrogens is 594 g/mol. The monoisotopic (exact) mass is 629 g/mol. The Morgan fingerprint density at radius 3 is 1.63 bits per heavy atom.